The van der Waals surface area contributed by atoms with Gasteiger partial charge in [-0.05, 0) is 24.6 Å². The molecule has 0 spiro atoms. The molecule has 1 aliphatic heterocycles. The standard InChI is InChI=1S/C19H18N2O2/c1-3-9-21-17-8-7-16(11-18(17)23-13-19(21)22)20-12-15-6-4-5-14(2)10-15/h1,4-8,10-11,20H,9,12-13H2,2H3. The maximum atomic E-state index is 11.9. The molecule has 0 unspecified atom stereocenters. The van der Waals surface area contributed by atoms with E-state index in [0.29, 0.717) is 5.75 Å². The quantitative estimate of drug-likeness (QED) is 0.883. The van der Waals surface area contributed by atoms with Gasteiger partial charge in [0.15, 0.2) is 6.61 Å². The van der Waals surface area contributed by atoms with E-state index < -0.39 is 0 Å². The first kappa shape index (κ1) is 15.0. The van der Waals surface area contributed by atoms with E-state index in [2.05, 4.69) is 36.4 Å². The molecule has 2 aromatic rings. The number of fused-ring (bicyclic) bond motifs is 1. The Labute approximate surface area is 136 Å². The van der Waals surface area contributed by atoms with E-state index in [4.69, 9.17) is 11.2 Å². The lowest BCUT2D eigenvalue weighted by Crippen LogP contribution is -2.38. The minimum Gasteiger partial charge on any atom is -0.481 e. The Morgan fingerprint density at radius 2 is 2.17 bits per heavy atom. The number of nitrogens with zero attached hydrogens (tertiary/aromatic N) is 1. The molecule has 0 bridgehead atoms. The van der Waals surface area contributed by atoms with Crippen LogP contribution in [0.15, 0.2) is 42.5 Å². The summed E-state index contributed by atoms with van der Waals surface area (Å²) in [5.74, 6) is 3.07. The summed E-state index contributed by atoms with van der Waals surface area (Å²) in [6.45, 7) is 3.09. The van der Waals surface area contributed by atoms with Gasteiger partial charge in [0.1, 0.15) is 5.75 Å². The summed E-state index contributed by atoms with van der Waals surface area (Å²) in [7, 11) is 0. The Kier molecular flexibility index (Phi) is 4.20. The Morgan fingerprint density at radius 3 is 2.96 bits per heavy atom. The fourth-order valence-electron chi connectivity index (χ4n) is 2.61. The Hall–Kier alpha value is -2.93. The molecule has 1 N–H and O–H groups in total. The predicted octanol–water partition coefficient (Wildman–Crippen LogP) is 2.97. The summed E-state index contributed by atoms with van der Waals surface area (Å²) in [5, 5.41) is 3.37. The van der Waals surface area contributed by atoms with Crippen molar-refractivity contribution < 1.29 is 9.53 Å². The van der Waals surface area contributed by atoms with Crippen LogP contribution in [-0.2, 0) is 11.3 Å². The average Bonchev–Trinajstić information content (AvgIpc) is 2.56. The second kappa shape index (κ2) is 6.45. The highest BCUT2D eigenvalue weighted by molar-refractivity contribution is 5.98. The van der Waals surface area contributed by atoms with Crippen LogP contribution in [0.1, 0.15) is 11.1 Å². The van der Waals surface area contributed by atoms with E-state index in [1.807, 2.05) is 24.3 Å². The first-order valence-corrected chi connectivity index (χ1v) is 7.47. The van der Waals surface area contributed by atoms with Crippen molar-refractivity contribution in [3.05, 3.63) is 53.6 Å². The van der Waals surface area contributed by atoms with Gasteiger partial charge in [-0.1, -0.05) is 35.7 Å². The molecule has 1 heterocycles. The molecule has 0 radical (unpaired) electrons. The van der Waals surface area contributed by atoms with Crippen LogP contribution < -0.4 is 15.0 Å². The van der Waals surface area contributed by atoms with Crippen molar-refractivity contribution in [2.45, 2.75) is 13.5 Å². The monoisotopic (exact) mass is 306 g/mol. The third-order valence-corrected chi connectivity index (χ3v) is 3.73. The molecule has 4 nitrogen and oxygen atoms in total. The van der Waals surface area contributed by atoms with E-state index in [1.54, 1.807) is 4.90 Å². The molecule has 0 saturated carbocycles. The number of terminal acetylenes is 1. The Bertz CT molecular complexity index is 777. The average molecular weight is 306 g/mol. The van der Waals surface area contributed by atoms with Crippen molar-refractivity contribution in [1.29, 1.82) is 0 Å². The maximum Gasteiger partial charge on any atom is 0.265 e. The number of hydrogen-bond donors (Lipinski definition) is 1. The van der Waals surface area contributed by atoms with Crippen LogP contribution in [-0.4, -0.2) is 19.1 Å². The fourth-order valence-corrected chi connectivity index (χ4v) is 2.61. The topological polar surface area (TPSA) is 41.6 Å². The molecule has 23 heavy (non-hydrogen) atoms. The molecular formula is C19H18N2O2. The van der Waals surface area contributed by atoms with Gasteiger partial charge in [-0.3, -0.25) is 9.69 Å². The molecule has 1 amide bonds. The van der Waals surface area contributed by atoms with Crippen molar-refractivity contribution in [2.75, 3.05) is 23.4 Å². The highest BCUT2D eigenvalue weighted by Gasteiger charge is 2.24. The lowest BCUT2D eigenvalue weighted by Gasteiger charge is -2.28. The molecule has 0 atom stereocenters. The number of aryl methyl sites for hydroxylation is 1. The summed E-state index contributed by atoms with van der Waals surface area (Å²) in [6.07, 6.45) is 5.34. The molecule has 3 rings (SSSR count). The zero-order valence-corrected chi connectivity index (χ0v) is 13.0. The van der Waals surface area contributed by atoms with Crippen LogP contribution in [0.3, 0.4) is 0 Å². The lowest BCUT2D eigenvalue weighted by atomic mass is 10.1. The molecule has 2 aromatic carbocycles. The summed E-state index contributed by atoms with van der Waals surface area (Å²) >= 11 is 0. The molecule has 0 fully saturated rings. The number of hydrogen-bond acceptors (Lipinski definition) is 3. The number of ether oxygens (including phenoxy) is 1. The highest BCUT2D eigenvalue weighted by Crippen LogP contribution is 2.34. The van der Waals surface area contributed by atoms with Crippen LogP contribution in [0.25, 0.3) is 0 Å². The van der Waals surface area contributed by atoms with Crippen molar-refractivity contribution in [3.8, 4) is 18.1 Å². The van der Waals surface area contributed by atoms with Crippen molar-refractivity contribution in [1.82, 2.24) is 0 Å². The smallest absolute Gasteiger partial charge is 0.265 e. The second-order valence-electron chi connectivity index (χ2n) is 5.50. The SMILES string of the molecule is C#CCN1C(=O)COc2cc(NCc3cccc(C)c3)ccc21. The third kappa shape index (κ3) is 3.29. The van der Waals surface area contributed by atoms with Gasteiger partial charge in [0.2, 0.25) is 0 Å². The van der Waals surface area contributed by atoms with Gasteiger partial charge in [0, 0.05) is 18.3 Å². The van der Waals surface area contributed by atoms with Gasteiger partial charge in [-0.15, -0.1) is 6.42 Å². The molecule has 0 aliphatic carbocycles. The van der Waals surface area contributed by atoms with E-state index in [0.717, 1.165) is 17.9 Å². The van der Waals surface area contributed by atoms with Gasteiger partial charge in [-0.25, -0.2) is 0 Å². The number of carbonyl (C=O) groups is 1. The number of rotatable bonds is 4. The third-order valence-electron chi connectivity index (χ3n) is 3.73. The van der Waals surface area contributed by atoms with Crippen LogP contribution in [0.2, 0.25) is 0 Å². The molecule has 1 aliphatic rings. The number of carbonyl (C=O) groups excluding carboxylic acids is 1. The van der Waals surface area contributed by atoms with Crippen LogP contribution in [0, 0.1) is 19.3 Å². The van der Waals surface area contributed by atoms with Crippen molar-refractivity contribution >= 4 is 17.3 Å². The van der Waals surface area contributed by atoms with Gasteiger partial charge < -0.3 is 10.1 Å². The summed E-state index contributed by atoms with van der Waals surface area (Å²) in [4.78, 5) is 13.4. The second-order valence-corrected chi connectivity index (χ2v) is 5.50. The minimum absolute atomic E-state index is 0.0238. The van der Waals surface area contributed by atoms with E-state index in [-0.39, 0.29) is 19.1 Å². The Morgan fingerprint density at radius 1 is 1.30 bits per heavy atom. The fraction of sp³-hybridized carbons (Fsp3) is 0.211. The summed E-state index contributed by atoms with van der Waals surface area (Å²) in [5.41, 5.74) is 4.12. The number of amides is 1. The zero-order valence-electron chi connectivity index (χ0n) is 13.0. The normalized spacial score (nSPS) is 13.0. The van der Waals surface area contributed by atoms with Gasteiger partial charge in [0.05, 0.1) is 12.2 Å². The largest absolute Gasteiger partial charge is 0.481 e. The van der Waals surface area contributed by atoms with Crippen LogP contribution in [0.5, 0.6) is 5.75 Å². The molecule has 0 aromatic heterocycles. The molecule has 0 saturated heterocycles. The number of nitrogens with one attached hydrogen (secondary N) is 1. The van der Waals surface area contributed by atoms with E-state index >= 15 is 0 Å². The first-order chi connectivity index (χ1) is 11.2. The van der Waals surface area contributed by atoms with Gasteiger partial charge >= 0.3 is 0 Å². The zero-order chi connectivity index (χ0) is 16.2. The lowest BCUT2D eigenvalue weighted by molar-refractivity contribution is -0.121. The van der Waals surface area contributed by atoms with E-state index in [9.17, 15) is 4.79 Å². The van der Waals surface area contributed by atoms with Crippen LogP contribution >= 0.6 is 0 Å². The molecule has 116 valence electrons. The van der Waals surface area contributed by atoms with Gasteiger partial charge in [0.25, 0.3) is 5.91 Å². The van der Waals surface area contributed by atoms with Crippen molar-refractivity contribution in [2.24, 2.45) is 0 Å². The van der Waals surface area contributed by atoms with Gasteiger partial charge in [-0.2, -0.15) is 0 Å². The first-order valence-electron chi connectivity index (χ1n) is 7.47. The summed E-state index contributed by atoms with van der Waals surface area (Å²) < 4.78 is 5.52. The Balaban J connectivity index is 1.76. The molecular weight excluding hydrogens is 288 g/mol. The van der Waals surface area contributed by atoms with Crippen molar-refractivity contribution in [3.63, 3.8) is 0 Å². The molecule has 4 heteroatoms. The number of benzene rings is 2. The summed E-state index contributed by atoms with van der Waals surface area (Å²) in [6, 6.07) is 14.1. The van der Waals surface area contributed by atoms with E-state index in [1.165, 1.54) is 11.1 Å². The maximum absolute atomic E-state index is 11.9. The highest BCUT2D eigenvalue weighted by atomic mass is 16.5. The number of anilines is 2. The van der Waals surface area contributed by atoms with Crippen LogP contribution in [0.4, 0.5) is 11.4 Å². The predicted molar refractivity (Wildman–Crippen MR) is 91.6 cm³/mol. The minimum atomic E-state index is -0.115.